The maximum Gasteiger partial charge on any atom is 0.115 e. The molecular weight excluding hydrogens is 176 g/mol. The molecule has 2 N–H and O–H groups in total. The molecule has 2 heteroatoms. The van der Waals surface area contributed by atoms with Gasteiger partial charge >= 0.3 is 0 Å². The van der Waals surface area contributed by atoms with E-state index in [1.165, 1.54) is 11.5 Å². The Morgan fingerprint density at radius 3 is 2.36 bits per heavy atom. The molecule has 0 amide bonds. The van der Waals surface area contributed by atoms with Crippen molar-refractivity contribution in [1.29, 1.82) is 0 Å². The molecule has 1 aromatic rings. The van der Waals surface area contributed by atoms with Gasteiger partial charge in [0.15, 0.2) is 0 Å². The first-order valence-electron chi connectivity index (χ1n) is 4.92. The molecule has 0 atom stereocenters. The lowest BCUT2D eigenvalue weighted by Crippen LogP contribution is -1.97. The van der Waals surface area contributed by atoms with E-state index >= 15 is 0 Å². The van der Waals surface area contributed by atoms with Crippen molar-refractivity contribution in [3.63, 3.8) is 0 Å². The fraction of sp³-hybridized carbons (Fsp3) is 0.417. The van der Waals surface area contributed by atoms with Gasteiger partial charge in [-0.15, -0.1) is 0 Å². The minimum absolute atomic E-state index is 0.238. The zero-order valence-corrected chi connectivity index (χ0v) is 8.53. The van der Waals surface area contributed by atoms with Crippen LogP contribution in [-0.4, -0.2) is 16.8 Å². The third-order valence-electron chi connectivity index (χ3n) is 2.32. The third kappa shape index (κ3) is 3.79. The van der Waals surface area contributed by atoms with Gasteiger partial charge in [-0.05, 0) is 42.9 Å². The van der Waals surface area contributed by atoms with E-state index in [0.29, 0.717) is 5.75 Å². The molecule has 1 aromatic carbocycles. The van der Waals surface area contributed by atoms with E-state index in [1.54, 1.807) is 12.1 Å². The van der Waals surface area contributed by atoms with Crippen LogP contribution in [0.25, 0.3) is 0 Å². The minimum Gasteiger partial charge on any atom is -0.508 e. The van der Waals surface area contributed by atoms with E-state index in [4.69, 9.17) is 10.2 Å². The average Bonchev–Trinajstić information content (AvgIpc) is 2.17. The van der Waals surface area contributed by atoms with Gasteiger partial charge in [0.1, 0.15) is 5.75 Å². The fourth-order valence-electron chi connectivity index (χ4n) is 1.34. The average molecular weight is 193 g/mol. The highest BCUT2D eigenvalue weighted by Gasteiger charge is 2.02. The molecule has 0 spiro atoms. The molecule has 1 radical (unpaired) electrons. The van der Waals surface area contributed by atoms with Crippen molar-refractivity contribution in [2.45, 2.75) is 26.2 Å². The lowest BCUT2D eigenvalue weighted by atomic mass is 9.99. The molecule has 0 aliphatic rings. The summed E-state index contributed by atoms with van der Waals surface area (Å²) in [4.78, 5) is 0. The van der Waals surface area contributed by atoms with Crippen LogP contribution in [0.5, 0.6) is 5.75 Å². The highest BCUT2D eigenvalue weighted by atomic mass is 16.3. The second kappa shape index (κ2) is 5.66. The molecule has 2 nitrogen and oxygen atoms in total. The second-order valence-corrected chi connectivity index (χ2v) is 3.60. The number of aromatic hydroxyl groups is 1. The standard InChI is InChI=1S/C12H17O2/c1-10(8-9-13)2-3-11-4-6-12(14)7-5-11/h4-7,13-14H,2-3,8-9H2,1H3. The lowest BCUT2D eigenvalue weighted by Gasteiger charge is -2.08. The molecule has 0 aromatic heterocycles. The maximum atomic E-state index is 9.08. The van der Waals surface area contributed by atoms with Crippen LogP contribution in [0.4, 0.5) is 0 Å². The van der Waals surface area contributed by atoms with E-state index in [0.717, 1.165) is 19.3 Å². The van der Waals surface area contributed by atoms with Crippen molar-refractivity contribution in [3.8, 4) is 5.75 Å². The van der Waals surface area contributed by atoms with Gasteiger partial charge in [-0.3, -0.25) is 0 Å². The zero-order chi connectivity index (χ0) is 10.4. The van der Waals surface area contributed by atoms with Crippen LogP contribution in [0.3, 0.4) is 0 Å². The SMILES string of the molecule is C[C](CCO)CCc1ccc(O)cc1. The Bertz CT molecular complexity index is 254. The smallest absolute Gasteiger partial charge is 0.115 e. The second-order valence-electron chi connectivity index (χ2n) is 3.60. The van der Waals surface area contributed by atoms with Crippen LogP contribution in [0.15, 0.2) is 24.3 Å². The Labute approximate surface area is 85.2 Å². The van der Waals surface area contributed by atoms with Crippen LogP contribution in [0.1, 0.15) is 25.3 Å². The Hall–Kier alpha value is -1.02. The number of hydrogen-bond donors (Lipinski definition) is 2. The number of aryl methyl sites for hydroxylation is 1. The van der Waals surface area contributed by atoms with E-state index in [-0.39, 0.29) is 6.61 Å². The van der Waals surface area contributed by atoms with E-state index in [9.17, 15) is 0 Å². The number of aliphatic hydroxyl groups is 1. The van der Waals surface area contributed by atoms with Gasteiger partial charge in [0.25, 0.3) is 0 Å². The summed E-state index contributed by atoms with van der Waals surface area (Å²) in [6, 6.07) is 7.27. The van der Waals surface area contributed by atoms with Crippen LogP contribution in [-0.2, 0) is 6.42 Å². The predicted octanol–water partition coefficient (Wildman–Crippen LogP) is 2.30. The van der Waals surface area contributed by atoms with Gasteiger partial charge in [-0.2, -0.15) is 0 Å². The van der Waals surface area contributed by atoms with Crippen molar-refractivity contribution in [3.05, 3.63) is 35.7 Å². The van der Waals surface area contributed by atoms with E-state index in [2.05, 4.69) is 6.92 Å². The van der Waals surface area contributed by atoms with Gasteiger partial charge in [0, 0.05) is 6.61 Å². The van der Waals surface area contributed by atoms with Gasteiger partial charge in [0.05, 0.1) is 0 Å². The van der Waals surface area contributed by atoms with Gasteiger partial charge in [0.2, 0.25) is 0 Å². The zero-order valence-electron chi connectivity index (χ0n) is 8.53. The van der Waals surface area contributed by atoms with E-state index in [1.807, 2.05) is 12.1 Å². The van der Waals surface area contributed by atoms with Crippen molar-refractivity contribution >= 4 is 0 Å². The summed E-state index contributed by atoms with van der Waals surface area (Å²) in [5, 5.41) is 17.8. The number of phenolic OH excluding ortho intramolecular Hbond substituents is 1. The Kier molecular flexibility index (Phi) is 4.47. The summed E-state index contributed by atoms with van der Waals surface area (Å²) in [5.41, 5.74) is 1.22. The lowest BCUT2D eigenvalue weighted by molar-refractivity contribution is 0.290. The first-order valence-corrected chi connectivity index (χ1v) is 4.92. The minimum atomic E-state index is 0.238. The molecule has 1 rings (SSSR count). The van der Waals surface area contributed by atoms with Crippen LogP contribution in [0, 0.1) is 5.92 Å². The highest BCUT2D eigenvalue weighted by molar-refractivity contribution is 5.26. The summed E-state index contributed by atoms with van der Waals surface area (Å²) < 4.78 is 0. The number of aliphatic hydroxyl groups excluding tert-OH is 1. The highest BCUT2D eigenvalue weighted by Crippen LogP contribution is 2.16. The molecule has 0 aliphatic heterocycles. The summed E-state index contributed by atoms with van der Waals surface area (Å²) in [5.74, 6) is 1.63. The summed E-state index contributed by atoms with van der Waals surface area (Å²) in [6.07, 6.45) is 2.77. The van der Waals surface area contributed by atoms with Crippen LogP contribution >= 0.6 is 0 Å². The van der Waals surface area contributed by atoms with Crippen molar-refractivity contribution in [1.82, 2.24) is 0 Å². The fourth-order valence-corrected chi connectivity index (χ4v) is 1.34. The van der Waals surface area contributed by atoms with Gasteiger partial charge < -0.3 is 10.2 Å². The molecule has 0 aliphatic carbocycles. The molecular formula is C12H17O2. The molecule has 0 saturated carbocycles. The molecule has 77 valence electrons. The Morgan fingerprint density at radius 2 is 1.79 bits per heavy atom. The van der Waals surface area contributed by atoms with Gasteiger partial charge in [-0.1, -0.05) is 19.1 Å². The first kappa shape index (κ1) is 11.1. The molecule has 0 heterocycles. The molecule has 14 heavy (non-hydrogen) atoms. The van der Waals surface area contributed by atoms with Crippen LogP contribution in [0.2, 0.25) is 0 Å². The van der Waals surface area contributed by atoms with E-state index < -0.39 is 0 Å². The topological polar surface area (TPSA) is 40.5 Å². The quantitative estimate of drug-likeness (QED) is 0.753. The maximum absolute atomic E-state index is 9.08. The monoisotopic (exact) mass is 193 g/mol. The molecule has 0 fully saturated rings. The first-order chi connectivity index (χ1) is 6.72. The number of phenols is 1. The molecule has 0 unspecified atom stereocenters. The normalized spacial score (nSPS) is 10.8. The number of hydrogen-bond acceptors (Lipinski definition) is 2. The van der Waals surface area contributed by atoms with Crippen molar-refractivity contribution < 1.29 is 10.2 Å². The third-order valence-corrected chi connectivity index (χ3v) is 2.32. The Balaban J connectivity index is 2.34. The van der Waals surface area contributed by atoms with Crippen molar-refractivity contribution in [2.24, 2.45) is 0 Å². The molecule has 0 bridgehead atoms. The Morgan fingerprint density at radius 1 is 1.14 bits per heavy atom. The molecule has 0 saturated heterocycles. The number of rotatable bonds is 5. The van der Waals surface area contributed by atoms with Gasteiger partial charge in [-0.25, -0.2) is 0 Å². The summed E-state index contributed by atoms with van der Waals surface area (Å²) in [7, 11) is 0. The largest absolute Gasteiger partial charge is 0.508 e. The summed E-state index contributed by atoms with van der Waals surface area (Å²) >= 11 is 0. The summed E-state index contributed by atoms with van der Waals surface area (Å²) in [6.45, 7) is 2.30. The van der Waals surface area contributed by atoms with Crippen LogP contribution < -0.4 is 0 Å². The number of benzene rings is 1. The predicted molar refractivity (Wildman–Crippen MR) is 57.0 cm³/mol. The van der Waals surface area contributed by atoms with Crippen molar-refractivity contribution in [2.75, 3.05) is 6.61 Å².